The number of para-hydroxylation sites is 2. The van der Waals surface area contributed by atoms with Gasteiger partial charge in [0.05, 0.1) is 17.8 Å². The fourth-order valence-electron chi connectivity index (χ4n) is 2.29. The summed E-state index contributed by atoms with van der Waals surface area (Å²) in [5.74, 6) is 0.799. The average Bonchev–Trinajstić information content (AvgIpc) is 2.89. The average molecular weight is 273 g/mol. The molecule has 1 aliphatic heterocycles. The van der Waals surface area contributed by atoms with E-state index in [1.54, 1.807) is 4.90 Å². The highest BCUT2D eigenvalue weighted by Gasteiger charge is 2.35. The van der Waals surface area contributed by atoms with Crippen LogP contribution in [0.1, 0.15) is 24.2 Å². The van der Waals surface area contributed by atoms with Crippen molar-refractivity contribution in [1.29, 1.82) is 0 Å². The van der Waals surface area contributed by atoms with Crippen LogP contribution in [0, 0.1) is 0 Å². The maximum atomic E-state index is 12.6. The molecular formula is C15H15NO2S. The van der Waals surface area contributed by atoms with Crippen LogP contribution in [0.3, 0.4) is 0 Å². The number of ether oxygens (including phenoxy) is 1. The highest BCUT2D eigenvalue weighted by molar-refractivity contribution is 7.08. The van der Waals surface area contributed by atoms with Gasteiger partial charge in [-0.2, -0.15) is 11.3 Å². The molecule has 0 spiro atoms. The predicted molar refractivity (Wildman–Crippen MR) is 77.1 cm³/mol. The van der Waals surface area contributed by atoms with Gasteiger partial charge < -0.3 is 9.64 Å². The van der Waals surface area contributed by atoms with Crippen molar-refractivity contribution in [3.8, 4) is 5.75 Å². The van der Waals surface area contributed by atoms with Crippen LogP contribution < -0.4 is 9.64 Å². The molecule has 3 rings (SSSR count). The van der Waals surface area contributed by atoms with Crippen LogP contribution in [-0.4, -0.2) is 18.1 Å². The van der Waals surface area contributed by atoms with E-state index in [9.17, 15) is 4.79 Å². The van der Waals surface area contributed by atoms with Crippen LogP contribution in [0.5, 0.6) is 5.75 Å². The van der Waals surface area contributed by atoms with Gasteiger partial charge in [0.2, 0.25) is 0 Å². The Hall–Kier alpha value is -1.81. The van der Waals surface area contributed by atoms with Crippen molar-refractivity contribution in [3.63, 3.8) is 0 Å². The third kappa shape index (κ3) is 2.24. The molecule has 2 aromatic rings. The van der Waals surface area contributed by atoms with E-state index in [4.69, 9.17) is 4.74 Å². The van der Waals surface area contributed by atoms with Crippen molar-refractivity contribution in [2.45, 2.75) is 19.4 Å². The Bertz CT molecular complexity index is 604. The first-order valence-corrected chi connectivity index (χ1v) is 7.13. The molecule has 19 heavy (non-hydrogen) atoms. The molecule has 1 amide bonds. The molecule has 1 aromatic carbocycles. The van der Waals surface area contributed by atoms with Crippen molar-refractivity contribution >= 4 is 22.9 Å². The maximum Gasteiger partial charge on any atom is 0.259 e. The molecule has 2 heterocycles. The lowest BCUT2D eigenvalue weighted by Crippen LogP contribution is -2.49. The maximum absolute atomic E-state index is 12.6. The number of nitrogens with zero attached hydrogens (tertiary/aromatic N) is 1. The zero-order chi connectivity index (χ0) is 13.5. The van der Waals surface area contributed by atoms with Crippen LogP contribution in [-0.2, 0) is 0 Å². The molecule has 1 aliphatic rings. The summed E-state index contributed by atoms with van der Waals surface area (Å²) in [6.45, 7) is 4.55. The zero-order valence-corrected chi connectivity index (χ0v) is 11.7. The smallest absolute Gasteiger partial charge is 0.259 e. The Morgan fingerprint density at radius 1 is 1.32 bits per heavy atom. The largest absolute Gasteiger partial charge is 0.484 e. The first-order valence-electron chi connectivity index (χ1n) is 6.19. The van der Waals surface area contributed by atoms with Gasteiger partial charge in [-0.3, -0.25) is 4.79 Å². The summed E-state index contributed by atoms with van der Waals surface area (Å²) in [7, 11) is 0. The van der Waals surface area contributed by atoms with E-state index in [2.05, 4.69) is 0 Å². The van der Waals surface area contributed by atoms with Gasteiger partial charge in [0.1, 0.15) is 11.4 Å². The lowest BCUT2D eigenvalue weighted by molar-refractivity contribution is 0.0837. The van der Waals surface area contributed by atoms with Gasteiger partial charge in [-0.1, -0.05) is 12.1 Å². The molecule has 0 radical (unpaired) electrons. The highest BCUT2D eigenvalue weighted by atomic mass is 32.1. The second-order valence-corrected chi connectivity index (χ2v) is 6.01. The standard InChI is InChI=1S/C15H15NO2S/c1-15(2)10-16(14(17)11-7-8-19-9-11)12-5-3-4-6-13(12)18-15/h3-9H,10H2,1-2H3. The molecular weight excluding hydrogens is 258 g/mol. The van der Waals surface area contributed by atoms with E-state index in [1.165, 1.54) is 11.3 Å². The van der Waals surface area contributed by atoms with E-state index in [0.29, 0.717) is 6.54 Å². The molecule has 0 N–H and O–H groups in total. The van der Waals surface area contributed by atoms with Crippen molar-refractivity contribution in [2.24, 2.45) is 0 Å². The monoisotopic (exact) mass is 273 g/mol. The van der Waals surface area contributed by atoms with Crippen LogP contribution in [0.15, 0.2) is 41.1 Å². The minimum Gasteiger partial charge on any atom is -0.484 e. The van der Waals surface area contributed by atoms with E-state index < -0.39 is 0 Å². The first kappa shape index (κ1) is 12.2. The number of hydrogen-bond acceptors (Lipinski definition) is 3. The van der Waals surface area contributed by atoms with Crippen LogP contribution in [0.25, 0.3) is 0 Å². The lowest BCUT2D eigenvalue weighted by atomic mass is 10.0. The van der Waals surface area contributed by atoms with E-state index >= 15 is 0 Å². The summed E-state index contributed by atoms with van der Waals surface area (Å²) in [6.07, 6.45) is 0. The minimum atomic E-state index is -0.375. The van der Waals surface area contributed by atoms with Crippen molar-refractivity contribution in [3.05, 3.63) is 46.7 Å². The summed E-state index contributed by atoms with van der Waals surface area (Å²) in [5.41, 5.74) is 1.20. The molecule has 4 heteroatoms. The minimum absolute atomic E-state index is 0.0325. The summed E-state index contributed by atoms with van der Waals surface area (Å²) in [6, 6.07) is 9.54. The quantitative estimate of drug-likeness (QED) is 0.795. The van der Waals surface area contributed by atoms with Gasteiger partial charge in [0.25, 0.3) is 5.91 Å². The molecule has 3 nitrogen and oxygen atoms in total. The van der Waals surface area contributed by atoms with Crippen molar-refractivity contribution in [1.82, 2.24) is 0 Å². The zero-order valence-electron chi connectivity index (χ0n) is 10.9. The summed E-state index contributed by atoms with van der Waals surface area (Å²) < 4.78 is 5.93. The van der Waals surface area contributed by atoms with Gasteiger partial charge >= 0.3 is 0 Å². The molecule has 0 unspecified atom stereocenters. The molecule has 0 atom stereocenters. The number of carbonyl (C=O) groups excluding carboxylic acids is 1. The Morgan fingerprint density at radius 3 is 2.84 bits per heavy atom. The molecule has 0 saturated carbocycles. The highest BCUT2D eigenvalue weighted by Crippen LogP contribution is 2.37. The van der Waals surface area contributed by atoms with Crippen molar-refractivity contribution < 1.29 is 9.53 Å². The Morgan fingerprint density at radius 2 is 2.11 bits per heavy atom. The fourth-order valence-corrected chi connectivity index (χ4v) is 2.92. The second kappa shape index (κ2) is 4.38. The van der Waals surface area contributed by atoms with E-state index in [-0.39, 0.29) is 11.5 Å². The fraction of sp³-hybridized carbons (Fsp3) is 0.267. The number of amides is 1. The van der Waals surface area contributed by atoms with Gasteiger partial charge in [0, 0.05) is 5.38 Å². The van der Waals surface area contributed by atoms with Gasteiger partial charge in [-0.05, 0) is 37.4 Å². The molecule has 98 valence electrons. The molecule has 0 fully saturated rings. The predicted octanol–water partition coefficient (Wildman–Crippen LogP) is 3.57. The number of rotatable bonds is 1. The van der Waals surface area contributed by atoms with Crippen molar-refractivity contribution in [2.75, 3.05) is 11.4 Å². The second-order valence-electron chi connectivity index (χ2n) is 5.23. The number of carbonyl (C=O) groups is 1. The number of anilines is 1. The lowest BCUT2D eigenvalue weighted by Gasteiger charge is -2.39. The third-order valence-corrected chi connectivity index (χ3v) is 3.78. The summed E-state index contributed by atoms with van der Waals surface area (Å²) in [5, 5.41) is 3.80. The normalized spacial score (nSPS) is 16.6. The molecule has 1 aromatic heterocycles. The first-order chi connectivity index (χ1) is 9.07. The van der Waals surface area contributed by atoms with Crippen LogP contribution in [0.2, 0.25) is 0 Å². The Balaban J connectivity index is 2.04. The number of benzene rings is 1. The van der Waals surface area contributed by atoms with Gasteiger partial charge in [-0.15, -0.1) is 0 Å². The van der Waals surface area contributed by atoms with Gasteiger partial charge in [-0.25, -0.2) is 0 Å². The third-order valence-electron chi connectivity index (χ3n) is 3.09. The van der Waals surface area contributed by atoms with E-state index in [1.807, 2.05) is 54.9 Å². The van der Waals surface area contributed by atoms with Crippen LogP contribution >= 0.6 is 11.3 Å². The molecule has 0 bridgehead atoms. The molecule has 0 aliphatic carbocycles. The van der Waals surface area contributed by atoms with E-state index in [0.717, 1.165) is 17.0 Å². The number of thiophene rings is 1. The molecule has 0 saturated heterocycles. The number of hydrogen-bond donors (Lipinski definition) is 0. The summed E-state index contributed by atoms with van der Waals surface area (Å²) >= 11 is 1.53. The Labute approximate surface area is 116 Å². The van der Waals surface area contributed by atoms with Crippen LogP contribution in [0.4, 0.5) is 5.69 Å². The SMILES string of the molecule is CC1(C)CN(C(=O)c2ccsc2)c2ccccc2O1. The topological polar surface area (TPSA) is 29.5 Å². The Kier molecular flexibility index (Phi) is 2.82. The number of fused-ring (bicyclic) bond motifs is 1. The van der Waals surface area contributed by atoms with Gasteiger partial charge in [0.15, 0.2) is 0 Å². The summed E-state index contributed by atoms with van der Waals surface area (Å²) in [4.78, 5) is 14.4.